The van der Waals surface area contributed by atoms with Gasteiger partial charge in [-0.3, -0.25) is 5.10 Å². The smallest absolute Gasteiger partial charge is 0.123 e. The van der Waals surface area contributed by atoms with Crippen LogP contribution in [0.1, 0.15) is 44.7 Å². The number of nitrogens with one attached hydrogen (secondary N) is 1. The fourth-order valence-corrected chi connectivity index (χ4v) is 3.49. The van der Waals surface area contributed by atoms with E-state index in [1.165, 1.54) is 50.2 Å². The van der Waals surface area contributed by atoms with Crippen LogP contribution in [0.2, 0.25) is 0 Å². The van der Waals surface area contributed by atoms with Crippen molar-refractivity contribution in [2.75, 3.05) is 19.6 Å². The molecule has 1 saturated heterocycles. The maximum atomic E-state index is 13.2. The Morgan fingerprint density at radius 3 is 2.87 bits per heavy atom. The second-order valence-corrected chi connectivity index (χ2v) is 6.82. The zero-order valence-electron chi connectivity index (χ0n) is 14.1. The summed E-state index contributed by atoms with van der Waals surface area (Å²) in [5.41, 5.74) is 3.35. The van der Waals surface area contributed by atoms with Crippen molar-refractivity contribution in [2.45, 2.75) is 39.0 Å². The molecule has 1 aliphatic rings. The molecule has 23 heavy (non-hydrogen) atoms. The first-order chi connectivity index (χ1) is 11.2. The van der Waals surface area contributed by atoms with Crippen molar-refractivity contribution in [1.82, 2.24) is 15.1 Å². The van der Waals surface area contributed by atoms with Crippen molar-refractivity contribution >= 4 is 0 Å². The summed E-state index contributed by atoms with van der Waals surface area (Å²) in [6, 6.07) is 6.71. The fraction of sp³-hybridized carbons (Fsp3) is 0.526. The molecule has 0 spiro atoms. The van der Waals surface area contributed by atoms with Crippen LogP contribution in [0.15, 0.2) is 30.5 Å². The van der Waals surface area contributed by atoms with E-state index in [1.807, 2.05) is 18.3 Å². The van der Waals surface area contributed by atoms with Crippen LogP contribution in [0.3, 0.4) is 0 Å². The van der Waals surface area contributed by atoms with Crippen molar-refractivity contribution in [2.24, 2.45) is 5.92 Å². The van der Waals surface area contributed by atoms with Crippen LogP contribution in [0, 0.1) is 11.7 Å². The van der Waals surface area contributed by atoms with E-state index in [2.05, 4.69) is 28.9 Å². The lowest BCUT2D eigenvalue weighted by Crippen LogP contribution is -2.37. The lowest BCUT2D eigenvalue weighted by molar-refractivity contribution is 0.180. The lowest BCUT2D eigenvalue weighted by Gasteiger charge is -2.34. The number of hydrogen-bond acceptors (Lipinski definition) is 2. The molecule has 3 rings (SSSR count). The van der Waals surface area contributed by atoms with Gasteiger partial charge in [0.25, 0.3) is 0 Å². The van der Waals surface area contributed by atoms with Gasteiger partial charge in [-0.1, -0.05) is 32.4 Å². The number of piperidine rings is 1. The molecule has 1 N–H and O–H groups in total. The maximum absolute atomic E-state index is 13.2. The van der Waals surface area contributed by atoms with Crippen LogP contribution in [-0.4, -0.2) is 34.7 Å². The van der Waals surface area contributed by atoms with Crippen molar-refractivity contribution < 1.29 is 4.39 Å². The minimum atomic E-state index is -0.198. The predicted molar refractivity (Wildman–Crippen MR) is 91.9 cm³/mol. The number of likely N-dealkylation sites (tertiary alicyclic amines) is 1. The molecule has 2 atom stereocenters. The molecule has 1 aromatic carbocycles. The van der Waals surface area contributed by atoms with E-state index in [0.29, 0.717) is 5.92 Å². The predicted octanol–water partition coefficient (Wildman–Crippen LogP) is 4.44. The Balaban J connectivity index is 1.77. The molecule has 124 valence electrons. The van der Waals surface area contributed by atoms with Gasteiger partial charge in [0.1, 0.15) is 5.82 Å². The van der Waals surface area contributed by atoms with Crippen LogP contribution in [0.25, 0.3) is 11.1 Å². The summed E-state index contributed by atoms with van der Waals surface area (Å²) in [7, 11) is 0. The quantitative estimate of drug-likeness (QED) is 0.884. The Labute approximate surface area is 137 Å². The summed E-state index contributed by atoms with van der Waals surface area (Å²) in [5.74, 6) is 1.03. The Bertz CT molecular complexity index is 620. The summed E-state index contributed by atoms with van der Waals surface area (Å²) >= 11 is 0. The summed E-state index contributed by atoms with van der Waals surface area (Å²) in [4.78, 5) is 2.58. The second kappa shape index (κ2) is 7.26. The SMILES string of the molecule is CC[C@@H](C)CN1CCC[C@H](c2[nH]ncc2-c2ccc(F)cc2)C1. The molecule has 0 amide bonds. The highest BCUT2D eigenvalue weighted by molar-refractivity contribution is 5.65. The van der Waals surface area contributed by atoms with Gasteiger partial charge >= 0.3 is 0 Å². The minimum absolute atomic E-state index is 0.198. The molecule has 2 heterocycles. The van der Waals surface area contributed by atoms with Gasteiger partial charge in [0.15, 0.2) is 0 Å². The molecule has 0 unspecified atom stereocenters. The fourth-order valence-electron chi connectivity index (χ4n) is 3.49. The first-order valence-electron chi connectivity index (χ1n) is 8.69. The molecule has 1 fully saturated rings. The number of aromatic nitrogens is 2. The summed E-state index contributed by atoms with van der Waals surface area (Å²) in [5, 5.41) is 7.47. The van der Waals surface area contributed by atoms with E-state index < -0.39 is 0 Å². The first kappa shape index (κ1) is 16.2. The number of aromatic amines is 1. The van der Waals surface area contributed by atoms with E-state index in [-0.39, 0.29) is 5.82 Å². The van der Waals surface area contributed by atoms with Crippen LogP contribution in [0.4, 0.5) is 4.39 Å². The molecule has 3 nitrogen and oxygen atoms in total. The van der Waals surface area contributed by atoms with Gasteiger partial charge in [-0.15, -0.1) is 0 Å². The number of nitrogens with zero attached hydrogens (tertiary/aromatic N) is 2. The largest absolute Gasteiger partial charge is 0.302 e. The van der Waals surface area contributed by atoms with E-state index in [9.17, 15) is 4.39 Å². The van der Waals surface area contributed by atoms with Gasteiger partial charge in [-0.05, 0) is 43.0 Å². The average molecular weight is 315 g/mol. The first-order valence-corrected chi connectivity index (χ1v) is 8.69. The van der Waals surface area contributed by atoms with Crippen molar-refractivity contribution in [3.63, 3.8) is 0 Å². The minimum Gasteiger partial charge on any atom is -0.302 e. The van der Waals surface area contributed by atoms with E-state index in [1.54, 1.807) is 0 Å². The monoisotopic (exact) mass is 315 g/mol. The van der Waals surface area contributed by atoms with Crippen LogP contribution in [-0.2, 0) is 0 Å². The third-order valence-corrected chi connectivity index (χ3v) is 5.00. The summed E-state index contributed by atoms with van der Waals surface area (Å²) in [6.07, 6.45) is 5.51. The molecule has 0 bridgehead atoms. The molecule has 4 heteroatoms. The van der Waals surface area contributed by atoms with Crippen LogP contribution < -0.4 is 0 Å². The molecule has 0 radical (unpaired) electrons. The van der Waals surface area contributed by atoms with Gasteiger partial charge in [0, 0.05) is 30.3 Å². The molecule has 2 aromatic rings. The zero-order chi connectivity index (χ0) is 16.2. The van der Waals surface area contributed by atoms with Crippen LogP contribution >= 0.6 is 0 Å². The number of rotatable bonds is 5. The Hall–Kier alpha value is -1.68. The van der Waals surface area contributed by atoms with Crippen molar-refractivity contribution in [3.05, 3.63) is 42.0 Å². The third-order valence-electron chi connectivity index (χ3n) is 5.00. The van der Waals surface area contributed by atoms with E-state index in [0.717, 1.165) is 23.6 Å². The highest BCUT2D eigenvalue weighted by atomic mass is 19.1. The Morgan fingerprint density at radius 1 is 1.35 bits per heavy atom. The highest BCUT2D eigenvalue weighted by Crippen LogP contribution is 2.33. The van der Waals surface area contributed by atoms with Crippen LogP contribution in [0.5, 0.6) is 0 Å². The van der Waals surface area contributed by atoms with Crippen molar-refractivity contribution in [1.29, 1.82) is 0 Å². The van der Waals surface area contributed by atoms with Gasteiger partial charge in [0.05, 0.1) is 6.20 Å². The summed E-state index contributed by atoms with van der Waals surface area (Å²) in [6.45, 7) is 8.03. The van der Waals surface area contributed by atoms with Gasteiger partial charge in [0.2, 0.25) is 0 Å². The van der Waals surface area contributed by atoms with E-state index in [4.69, 9.17) is 0 Å². The standard InChI is InChI=1S/C19H26FN3/c1-3-14(2)12-23-10-4-5-16(13-23)19-18(11-21-22-19)15-6-8-17(20)9-7-15/h6-9,11,14,16H,3-5,10,12-13H2,1-2H3,(H,21,22)/t14-,16+/m1/s1. The molecular weight excluding hydrogens is 289 g/mol. The molecule has 1 aliphatic heterocycles. The van der Waals surface area contributed by atoms with Gasteiger partial charge < -0.3 is 4.90 Å². The normalized spacial score (nSPS) is 20.6. The Morgan fingerprint density at radius 2 is 2.13 bits per heavy atom. The maximum Gasteiger partial charge on any atom is 0.123 e. The number of hydrogen-bond donors (Lipinski definition) is 1. The summed E-state index contributed by atoms with van der Waals surface area (Å²) < 4.78 is 13.2. The molecule has 0 saturated carbocycles. The third kappa shape index (κ3) is 3.81. The number of halogens is 1. The Kier molecular flexibility index (Phi) is 5.11. The number of benzene rings is 1. The number of H-pyrrole nitrogens is 1. The average Bonchev–Trinajstić information content (AvgIpc) is 3.05. The second-order valence-electron chi connectivity index (χ2n) is 6.82. The molecule has 1 aromatic heterocycles. The van der Waals surface area contributed by atoms with E-state index >= 15 is 0 Å². The van der Waals surface area contributed by atoms with Gasteiger partial charge in [-0.25, -0.2) is 4.39 Å². The lowest BCUT2D eigenvalue weighted by atomic mass is 9.90. The van der Waals surface area contributed by atoms with Gasteiger partial charge in [-0.2, -0.15) is 5.10 Å². The molecule has 0 aliphatic carbocycles. The zero-order valence-corrected chi connectivity index (χ0v) is 14.1. The van der Waals surface area contributed by atoms with Crippen molar-refractivity contribution in [3.8, 4) is 11.1 Å². The topological polar surface area (TPSA) is 31.9 Å². The highest BCUT2D eigenvalue weighted by Gasteiger charge is 2.25. The molecular formula is C19H26FN3.